The molecule has 1 aliphatic carbocycles. The molecule has 18 heavy (non-hydrogen) atoms. The predicted molar refractivity (Wildman–Crippen MR) is 69.4 cm³/mol. The monoisotopic (exact) mass is 252 g/mol. The topological polar surface area (TPSA) is 89.2 Å². The normalized spacial score (nSPS) is 15.7. The molecule has 0 saturated heterocycles. The molecule has 7 nitrogen and oxygen atoms in total. The SMILES string of the molecule is COc1nc(NN)nc(N(C)CC2CCCC2)n1. The van der Waals surface area contributed by atoms with E-state index < -0.39 is 0 Å². The number of nitrogens with zero attached hydrogens (tertiary/aromatic N) is 4. The largest absolute Gasteiger partial charge is 0.467 e. The zero-order valence-electron chi connectivity index (χ0n) is 10.9. The Balaban J connectivity index is 2.09. The Bertz CT molecular complexity index is 371. The summed E-state index contributed by atoms with van der Waals surface area (Å²) in [4.78, 5) is 14.5. The molecule has 7 heteroatoms. The molecule has 1 aliphatic rings. The van der Waals surface area contributed by atoms with Crippen LogP contribution >= 0.6 is 0 Å². The minimum absolute atomic E-state index is 0.270. The first-order chi connectivity index (χ1) is 8.72. The number of rotatable bonds is 5. The van der Waals surface area contributed by atoms with E-state index in [4.69, 9.17) is 10.6 Å². The van der Waals surface area contributed by atoms with E-state index in [-0.39, 0.29) is 6.01 Å². The van der Waals surface area contributed by atoms with Gasteiger partial charge in [-0.1, -0.05) is 12.8 Å². The van der Waals surface area contributed by atoms with Crippen LogP contribution in [0, 0.1) is 5.92 Å². The minimum atomic E-state index is 0.270. The van der Waals surface area contributed by atoms with Crippen molar-refractivity contribution in [3.05, 3.63) is 0 Å². The molecule has 0 radical (unpaired) electrons. The standard InChI is InChI=1S/C11H20N6O/c1-17(7-8-5-3-4-6-8)10-13-9(16-12)14-11(15-10)18-2/h8H,3-7,12H2,1-2H3,(H,13,14,15,16). The summed E-state index contributed by atoms with van der Waals surface area (Å²) in [5.74, 6) is 6.96. The van der Waals surface area contributed by atoms with Gasteiger partial charge in [0.2, 0.25) is 11.9 Å². The van der Waals surface area contributed by atoms with Crippen molar-refractivity contribution in [3.8, 4) is 6.01 Å². The lowest BCUT2D eigenvalue weighted by atomic mass is 10.1. The van der Waals surface area contributed by atoms with E-state index in [1.165, 1.54) is 32.8 Å². The van der Waals surface area contributed by atoms with Gasteiger partial charge in [0.25, 0.3) is 0 Å². The fourth-order valence-corrected chi connectivity index (χ4v) is 2.33. The van der Waals surface area contributed by atoms with Gasteiger partial charge in [0.1, 0.15) is 0 Å². The first kappa shape index (κ1) is 12.8. The van der Waals surface area contributed by atoms with Gasteiger partial charge < -0.3 is 9.64 Å². The maximum atomic E-state index is 5.33. The molecule has 0 aromatic carbocycles. The Hall–Kier alpha value is -1.63. The number of nitrogen functional groups attached to an aromatic ring is 1. The highest BCUT2D eigenvalue weighted by atomic mass is 16.5. The van der Waals surface area contributed by atoms with Crippen molar-refractivity contribution >= 4 is 11.9 Å². The summed E-state index contributed by atoms with van der Waals surface area (Å²) in [5, 5.41) is 0. The number of aromatic nitrogens is 3. The second-order valence-corrected chi connectivity index (χ2v) is 4.62. The summed E-state index contributed by atoms with van der Waals surface area (Å²) in [7, 11) is 3.50. The van der Waals surface area contributed by atoms with Crippen LogP contribution in [-0.4, -0.2) is 35.7 Å². The van der Waals surface area contributed by atoms with Crippen LogP contribution in [0.4, 0.5) is 11.9 Å². The molecule has 0 amide bonds. The molecule has 2 rings (SSSR count). The molecule has 100 valence electrons. The average Bonchev–Trinajstić information content (AvgIpc) is 2.90. The van der Waals surface area contributed by atoms with E-state index in [1.54, 1.807) is 0 Å². The molecule has 1 heterocycles. The highest BCUT2D eigenvalue weighted by Gasteiger charge is 2.19. The molecule has 1 aromatic heterocycles. The molecule has 3 N–H and O–H groups in total. The summed E-state index contributed by atoms with van der Waals surface area (Å²) >= 11 is 0. The van der Waals surface area contributed by atoms with E-state index in [9.17, 15) is 0 Å². The van der Waals surface area contributed by atoms with Crippen molar-refractivity contribution in [1.82, 2.24) is 15.0 Å². The van der Waals surface area contributed by atoms with E-state index in [2.05, 4.69) is 20.4 Å². The Morgan fingerprint density at radius 3 is 2.67 bits per heavy atom. The van der Waals surface area contributed by atoms with Gasteiger partial charge in [0.15, 0.2) is 0 Å². The lowest BCUT2D eigenvalue weighted by molar-refractivity contribution is 0.378. The molecule has 0 unspecified atom stereocenters. The summed E-state index contributed by atoms with van der Waals surface area (Å²) in [6, 6.07) is 0.270. The molecular weight excluding hydrogens is 232 g/mol. The van der Waals surface area contributed by atoms with Gasteiger partial charge in [-0.3, -0.25) is 5.43 Å². The van der Waals surface area contributed by atoms with Gasteiger partial charge in [-0.2, -0.15) is 15.0 Å². The zero-order valence-corrected chi connectivity index (χ0v) is 10.9. The van der Waals surface area contributed by atoms with Gasteiger partial charge in [0.05, 0.1) is 7.11 Å². The van der Waals surface area contributed by atoms with Crippen LogP contribution < -0.4 is 20.9 Å². The summed E-state index contributed by atoms with van der Waals surface area (Å²) in [6.07, 6.45) is 5.23. The molecule has 0 bridgehead atoms. The Kier molecular flexibility index (Phi) is 4.14. The van der Waals surface area contributed by atoms with Crippen LogP contribution in [-0.2, 0) is 0 Å². The molecule has 1 saturated carbocycles. The third kappa shape index (κ3) is 2.98. The predicted octanol–water partition coefficient (Wildman–Crippen LogP) is 0.792. The number of nitrogens with two attached hydrogens (primary N) is 1. The van der Waals surface area contributed by atoms with Gasteiger partial charge >= 0.3 is 6.01 Å². The van der Waals surface area contributed by atoms with Crippen molar-refractivity contribution in [3.63, 3.8) is 0 Å². The van der Waals surface area contributed by atoms with Crippen molar-refractivity contribution in [1.29, 1.82) is 0 Å². The van der Waals surface area contributed by atoms with Crippen molar-refractivity contribution in [2.24, 2.45) is 11.8 Å². The van der Waals surface area contributed by atoms with Gasteiger partial charge in [0, 0.05) is 13.6 Å². The Labute approximate surface area is 107 Å². The van der Waals surface area contributed by atoms with Gasteiger partial charge in [-0.15, -0.1) is 0 Å². The zero-order chi connectivity index (χ0) is 13.0. The molecule has 1 aromatic rings. The number of anilines is 2. The van der Waals surface area contributed by atoms with Crippen LogP contribution in [0.15, 0.2) is 0 Å². The molecule has 0 spiro atoms. The minimum Gasteiger partial charge on any atom is -0.467 e. The number of methoxy groups -OCH3 is 1. The summed E-state index contributed by atoms with van der Waals surface area (Å²) in [5.41, 5.74) is 2.42. The third-order valence-electron chi connectivity index (χ3n) is 3.26. The van der Waals surface area contributed by atoms with Crippen LogP contribution in [0.3, 0.4) is 0 Å². The van der Waals surface area contributed by atoms with Crippen LogP contribution in [0.5, 0.6) is 6.01 Å². The second kappa shape index (κ2) is 5.81. The first-order valence-corrected chi connectivity index (χ1v) is 6.20. The molecule has 0 aliphatic heterocycles. The Morgan fingerprint density at radius 2 is 2.06 bits per heavy atom. The molecule has 0 atom stereocenters. The quantitative estimate of drug-likeness (QED) is 0.591. The fraction of sp³-hybridized carbons (Fsp3) is 0.727. The van der Waals surface area contributed by atoms with E-state index in [1.807, 2.05) is 11.9 Å². The highest BCUT2D eigenvalue weighted by molar-refractivity contribution is 5.36. The summed E-state index contributed by atoms with van der Waals surface area (Å²) in [6.45, 7) is 0.956. The lowest BCUT2D eigenvalue weighted by Gasteiger charge is -2.21. The maximum absolute atomic E-state index is 5.33. The first-order valence-electron chi connectivity index (χ1n) is 6.20. The van der Waals surface area contributed by atoms with Crippen molar-refractivity contribution < 1.29 is 4.74 Å². The van der Waals surface area contributed by atoms with Crippen LogP contribution in [0.25, 0.3) is 0 Å². The smallest absolute Gasteiger partial charge is 0.322 e. The summed E-state index contributed by atoms with van der Waals surface area (Å²) < 4.78 is 5.03. The number of hydrogen-bond acceptors (Lipinski definition) is 7. The maximum Gasteiger partial charge on any atom is 0.322 e. The van der Waals surface area contributed by atoms with Crippen molar-refractivity contribution in [2.75, 3.05) is 31.0 Å². The van der Waals surface area contributed by atoms with E-state index in [0.29, 0.717) is 11.9 Å². The second-order valence-electron chi connectivity index (χ2n) is 4.62. The van der Waals surface area contributed by atoms with E-state index >= 15 is 0 Å². The lowest BCUT2D eigenvalue weighted by Crippen LogP contribution is -2.27. The number of nitrogens with one attached hydrogen (secondary N) is 1. The fourth-order valence-electron chi connectivity index (χ4n) is 2.33. The van der Waals surface area contributed by atoms with E-state index in [0.717, 1.165) is 12.5 Å². The van der Waals surface area contributed by atoms with Crippen LogP contribution in [0.1, 0.15) is 25.7 Å². The average molecular weight is 252 g/mol. The van der Waals surface area contributed by atoms with Crippen LogP contribution in [0.2, 0.25) is 0 Å². The third-order valence-corrected chi connectivity index (χ3v) is 3.26. The molecular formula is C11H20N6O. The number of hydrazine groups is 1. The molecule has 1 fully saturated rings. The number of hydrogen-bond donors (Lipinski definition) is 2. The van der Waals surface area contributed by atoms with Gasteiger partial charge in [-0.25, -0.2) is 5.84 Å². The number of ether oxygens (including phenoxy) is 1. The van der Waals surface area contributed by atoms with Crippen molar-refractivity contribution in [2.45, 2.75) is 25.7 Å². The van der Waals surface area contributed by atoms with Gasteiger partial charge in [-0.05, 0) is 18.8 Å². The highest BCUT2D eigenvalue weighted by Crippen LogP contribution is 2.26. The Morgan fingerprint density at radius 1 is 1.33 bits per heavy atom.